The molecule has 0 spiro atoms. The van der Waals surface area contributed by atoms with Gasteiger partial charge < -0.3 is 4.74 Å². The van der Waals surface area contributed by atoms with E-state index in [1.165, 1.54) is 11.3 Å². The van der Waals surface area contributed by atoms with Crippen LogP contribution in [0.15, 0.2) is 34.1 Å². The minimum atomic E-state index is 0.0614. The molecule has 5 heteroatoms. The van der Waals surface area contributed by atoms with Gasteiger partial charge in [0, 0.05) is 17.0 Å². The van der Waals surface area contributed by atoms with E-state index in [9.17, 15) is 4.79 Å². The fourth-order valence-electron chi connectivity index (χ4n) is 1.61. The molecule has 0 saturated heterocycles. The summed E-state index contributed by atoms with van der Waals surface area (Å²) in [6.45, 7) is 0. The lowest BCUT2D eigenvalue weighted by Crippen LogP contribution is -2.03. The fraction of sp³-hybridized carbons (Fsp3) is 0.154. The second-order valence-corrected chi connectivity index (χ2v) is 6.56. The van der Waals surface area contributed by atoms with Gasteiger partial charge in [-0.3, -0.25) is 4.79 Å². The average molecular weight is 346 g/mol. The average Bonchev–Trinajstić information content (AvgIpc) is 2.76. The van der Waals surface area contributed by atoms with Crippen molar-refractivity contribution in [2.45, 2.75) is 6.42 Å². The van der Waals surface area contributed by atoms with Gasteiger partial charge in [0.2, 0.25) is 0 Å². The predicted molar refractivity (Wildman–Crippen MR) is 78.1 cm³/mol. The fourth-order valence-corrected chi connectivity index (χ4v) is 3.13. The summed E-state index contributed by atoms with van der Waals surface area (Å²) in [5.74, 6) is 0.745. The molecule has 1 heterocycles. The number of hydrogen-bond acceptors (Lipinski definition) is 3. The van der Waals surface area contributed by atoms with Crippen LogP contribution in [0.25, 0.3) is 0 Å². The zero-order valence-electron chi connectivity index (χ0n) is 9.57. The van der Waals surface area contributed by atoms with Crippen LogP contribution in [0.4, 0.5) is 0 Å². The number of ether oxygens (including phenoxy) is 1. The maximum atomic E-state index is 12.1. The lowest BCUT2D eigenvalue weighted by atomic mass is 10.1. The number of thiophene rings is 1. The van der Waals surface area contributed by atoms with Gasteiger partial charge in [-0.15, -0.1) is 11.3 Å². The Kier molecular flexibility index (Phi) is 4.43. The van der Waals surface area contributed by atoms with Gasteiger partial charge in [-0.1, -0.05) is 11.6 Å². The second kappa shape index (κ2) is 5.87. The Balaban J connectivity index is 2.23. The minimum Gasteiger partial charge on any atom is -0.496 e. The van der Waals surface area contributed by atoms with Crippen molar-refractivity contribution in [1.82, 2.24) is 0 Å². The predicted octanol–water partition coefficient (Wildman–Crippen LogP) is 4.60. The van der Waals surface area contributed by atoms with Crippen LogP contribution in [0.2, 0.25) is 5.02 Å². The van der Waals surface area contributed by atoms with Crippen molar-refractivity contribution in [3.63, 3.8) is 0 Å². The summed E-state index contributed by atoms with van der Waals surface area (Å²) in [6, 6.07) is 8.97. The molecule has 0 bridgehead atoms. The molecule has 1 aromatic carbocycles. The number of Topliss-reactive ketones (excluding diaryl/α,β-unsaturated/α-hetero) is 1. The smallest absolute Gasteiger partial charge is 0.177 e. The van der Waals surface area contributed by atoms with Crippen molar-refractivity contribution in [2.75, 3.05) is 7.11 Å². The first kappa shape index (κ1) is 13.6. The third-order valence-electron chi connectivity index (χ3n) is 2.44. The van der Waals surface area contributed by atoms with Crippen LogP contribution in [0.3, 0.4) is 0 Å². The van der Waals surface area contributed by atoms with Crippen LogP contribution < -0.4 is 4.74 Å². The summed E-state index contributed by atoms with van der Waals surface area (Å²) in [5, 5.41) is 0.603. The van der Waals surface area contributed by atoms with E-state index < -0.39 is 0 Å². The van der Waals surface area contributed by atoms with Gasteiger partial charge in [0.15, 0.2) is 5.78 Å². The van der Waals surface area contributed by atoms with Crippen LogP contribution in [-0.4, -0.2) is 12.9 Å². The van der Waals surface area contributed by atoms with E-state index in [0.29, 0.717) is 10.8 Å². The molecule has 94 valence electrons. The Morgan fingerprint density at radius 1 is 1.39 bits per heavy atom. The summed E-state index contributed by atoms with van der Waals surface area (Å²) < 4.78 is 6.17. The van der Waals surface area contributed by atoms with E-state index in [2.05, 4.69) is 15.9 Å². The van der Waals surface area contributed by atoms with Crippen molar-refractivity contribution < 1.29 is 9.53 Å². The lowest BCUT2D eigenvalue weighted by molar-refractivity contribution is 0.0996. The van der Waals surface area contributed by atoms with Gasteiger partial charge in [0.1, 0.15) is 5.75 Å². The van der Waals surface area contributed by atoms with Crippen molar-refractivity contribution in [2.24, 2.45) is 0 Å². The molecule has 1 aromatic heterocycles. The Morgan fingerprint density at radius 3 is 2.78 bits per heavy atom. The quantitative estimate of drug-likeness (QED) is 0.757. The molecule has 0 atom stereocenters. The SMILES string of the molecule is COc1ccc(Cl)cc1CC(=O)c1ccc(Br)s1. The topological polar surface area (TPSA) is 26.3 Å². The highest BCUT2D eigenvalue weighted by Gasteiger charge is 2.13. The van der Waals surface area contributed by atoms with E-state index in [0.717, 1.165) is 14.2 Å². The molecule has 0 fully saturated rings. The molecule has 0 amide bonds. The van der Waals surface area contributed by atoms with Crippen LogP contribution in [0.1, 0.15) is 15.2 Å². The van der Waals surface area contributed by atoms with Gasteiger partial charge in [-0.05, 0) is 46.3 Å². The van der Waals surface area contributed by atoms with E-state index in [4.69, 9.17) is 16.3 Å². The van der Waals surface area contributed by atoms with Gasteiger partial charge in [0.05, 0.1) is 15.8 Å². The highest BCUT2D eigenvalue weighted by atomic mass is 79.9. The summed E-state index contributed by atoms with van der Waals surface area (Å²) in [4.78, 5) is 12.8. The molecule has 0 aliphatic carbocycles. The molecule has 0 aliphatic heterocycles. The molecular weight excluding hydrogens is 336 g/mol. The molecule has 0 unspecified atom stereocenters. The molecule has 0 saturated carbocycles. The first-order valence-electron chi connectivity index (χ1n) is 5.21. The minimum absolute atomic E-state index is 0.0614. The number of carbonyl (C=O) groups excluding carboxylic acids is 1. The van der Waals surface area contributed by atoms with Gasteiger partial charge >= 0.3 is 0 Å². The molecule has 0 aliphatic rings. The van der Waals surface area contributed by atoms with Gasteiger partial charge in [-0.25, -0.2) is 0 Å². The van der Waals surface area contributed by atoms with E-state index in [-0.39, 0.29) is 12.2 Å². The zero-order chi connectivity index (χ0) is 13.1. The Morgan fingerprint density at radius 2 is 2.17 bits per heavy atom. The Labute approximate surface area is 123 Å². The zero-order valence-corrected chi connectivity index (χ0v) is 12.7. The lowest BCUT2D eigenvalue weighted by Gasteiger charge is -2.07. The van der Waals surface area contributed by atoms with Gasteiger partial charge in [-0.2, -0.15) is 0 Å². The highest BCUT2D eigenvalue weighted by molar-refractivity contribution is 9.11. The standard InChI is InChI=1S/C13H10BrClO2S/c1-17-11-3-2-9(15)6-8(11)7-10(16)12-4-5-13(14)18-12/h2-6H,7H2,1H3. The highest BCUT2D eigenvalue weighted by Crippen LogP contribution is 2.27. The van der Waals surface area contributed by atoms with Crippen molar-refractivity contribution in [3.8, 4) is 5.75 Å². The van der Waals surface area contributed by atoms with Gasteiger partial charge in [0.25, 0.3) is 0 Å². The normalized spacial score (nSPS) is 10.4. The number of hydrogen-bond donors (Lipinski definition) is 0. The number of carbonyl (C=O) groups is 1. The van der Waals surface area contributed by atoms with E-state index >= 15 is 0 Å². The molecule has 0 N–H and O–H groups in total. The molecule has 2 rings (SSSR count). The molecule has 0 radical (unpaired) electrons. The first-order valence-corrected chi connectivity index (χ1v) is 7.20. The number of ketones is 1. The Bertz CT molecular complexity index is 580. The molecule has 2 nitrogen and oxygen atoms in total. The summed E-state index contributed by atoms with van der Waals surface area (Å²) in [6.07, 6.45) is 0.288. The number of halogens is 2. The van der Waals surface area contributed by atoms with E-state index in [1.807, 2.05) is 12.1 Å². The van der Waals surface area contributed by atoms with Crippen molar-refractivity contribution >= 4 is 44.7 Å². The number of rotatable bonds is 4. The van der Waals surface area contributed by atoms with Crippen LogP contribution >= 0.6 is 38.9 Å². The maximum Gasteiger partial charge on any atom is 0.177 e. The van der Waals surface area contributed by atoms with Crippen molar-refractivity contribution in [3.05, 3.63) is 49.6 Å². The third-order valence-corrected chi connectivity index (χ3v) is 4.34. The summed E-state index contributed by atoms with van der Waals surface area (Å²) >= 11 is 10.7. The first-order chi connectivity index (χ1) is 8.60. The molecule has 2 aromatic rings. The third kappa shape index (κ3) is 3.13. The van der Waals surface area contributed by atoms with Crippen LogP contribution in [-0.2, 0) is 6.42 Å². The second-order valence-electron chi connectivity index (χ2n) is 3.66. The number of benzene rings is 1. The summed E-state index contributed by atoms with van der Waals surface area (Å²) in [7, 11) is 1.58. The Hall–Kier alpha value is -0.840. The monoisotopic (exact) mass is 344 g/mol. The van der Waals surface area contributed by atoms with E-state index in [1.54, 1.807) is 25.3 Å². The molecular formula is C13H10BrClO2S. The van der Waals surface area contributed by atoms with Crippen LogP contribution in [0.5, 0.6) is 5.75 Å². The summed E-state index contributed by atoms with van der Waals surface area (Å²) in [5.41, 5.74) is 0.805. The maximum absolute atomic E-state index is 12.1. The number of methoxy groups -OCH3 is 1. The largest absolute Gasteiger partial charge is 0.496 e. The van der Waals surface area contributed by atoms with Crippen molar-refractivity contribution in [1.29, 1.82) is 0 Å². The molecule has 18 heavy (non-hydrogen) atoms. The van der Waals surface area contributed by atoms with Crippen LogP contribution in [0, 0.1) is 0 Å².